The van der Waals surface area contributed by atoms with Crippen molar-refractivity contribution in [3.63, 3.8) is 0 Å². The first kappa shape index (κ1) is 17.5. The zero-order chi connectivity index (χ0) is 17.5. The summed E-state index contributed by atoms with van der Waals surface area (Å²) in [5, 5.41) is 9.55. The molecule has 0 saturated carbocycles. The number of pyridine rings is 1. The van der Waals surface area contributed by atoms with Gasteiger partial charge in [0.15, 0.2) is 6.04 Å². The lowest BCUT2D eigenvalue weighted by Gasteiger charge is -2.27. The maximum absolute atomic E-state index is 12.4. The number of hydrogen-bond acceptors (Lipinski definition) is 4. The smallest absolute Gasteiger partial charge is 0.411 e. The van der Waals surface area contributed by atoms with Crippen molar-refractivity contribution in [2.45, 2.75) is 26.5 Å². The molecule has 1 heterocycles. The summed E-state index contributed by atoms with van der Waals surface area (Å²) in [6.07, 6.45) is 0.802. The van der Waals surface area contributed by atoms with Gasteiger partial charge in [-0.2, -0.15) is 0 Å². The Morgan fingerprint density at radius 2 is 1.92 bits per heavy atom. The van der Waals surface area contributed by atoms with Crippen LogP contribution in [0.5, 0.6) is 0 Å². The third-order valence-electron chi connectivity index (χ3n) is 3.58. The molecule has 0 aliphatic heterocycles. The van der Waals surface area contributed by atoms with Crippen molar-refractivity contribution in [3.05, 3.63) is 65.5 Å². The average molecular weight is 328 g/mol. The van der Waals surface area contributed by atoms with Crippen molar-refractivity contribution in [2.24, 2.45) is 0 Å². The van der Waals surface area contributed by atoms with Gasteiger partial charge < -0.3 is 9.84 Å². The Morgan fingerprint density at radius 1 is 1.21 bits per heavy atom. The molecule has 1 aromatic carbocycles. The third-order valence-corrected chi connectivity index (χ3v) is 3.58. The Kier molecular flexibility index (Phi) is 5.89. The van der Waals surface area contributed by atoms with Crippen LogP contribution in [0.4, 0.5) is 4.79 Å². The number of carboxylic acid groups (broad SMARTS) is 1. The van der Waals surface area contributed by atoms with E-state index in [-0.39, 0.29) is 13.2 Å². The van der Waals surface area contributed by atoms with E-state index in [1.807, 2.05) is 37.3 Å². The van der Waals surface area contributed by atoms with E-state index in [9.17, 15) is 14.7 Å². The number of aromatic nitrogens is 1. The number of benzene rings is 1. The fourth-order valence-electron chi connectivity index (χ4n) is 2.32. The Hall–Kier alpha value is -2.89. The van der Waals surface area contributed by atoms with Gasteiger partial charge >= 0.3 is 12.1 Å². The van der Waals surface area contributed by atoms with Gasteiger partial charge in [0.25, 0.3) is 0 Å². The van der Waals surface area contributed by atoms with E-state index in [4.69, 9.17) is 4.74 Å². The lowest BCUT2D eigenvalue weighted by molar-refractivity contribution is -0.143. The van der Waals surface area contributed by atoms with Gasteiger partial charge in [-0.1, -0.05) is 36.4 Å². The fraction of sp³-hybridized carbons (Fsp3) is 0.278. The Morgan fingerprint density at radius 3 is 2.46 bits per heavy atom. The number of carboxylic acids is 1. The van der Waals surface area contributed by atoms with Crippen molar-refractivity contribution < 1.29 is 19.4 Å². The number of carbonyl (C=O) groups excluding carboxylic acids is 1. The normalized spacial score (nSPS) is 11.6. The van der Waals surface area contributed by atoms with Crippen LogP contribution in [-0.4, -0.2) is 33.6 Å². The SMILES string of the molecule is CCN(C(=O)OCc1ccccc1)C(C(=O)O)c1ccc(C)nc1. The highest BCUT2D eigenvalue weighted by Gasteiger charge is 2.31. The van der Waals surface area contributed by atoms with Gasteiger partial charge in [-0.3, -0.25) is 9.88 Å². The number of carbonyl (C=O) groups is 2. The topological polar surface area (TPSA) is 79.7 Å². The molecule has 2 rings (SSSR count). The van der Waals surface area contributed by atoms with E-state index in [2.05, 4.69) is 4.98 Å². The first-order valence-corrected chi connectivity index (χ1v) is 7.65. The van der Waals surface area contributed by atoms with Crippen LogP contribution in [0.1, 0.15) is 29.8 Å². The second-order valence-electron chi connectivity index (χ2n) is 5.30. The fourth-order valence-corrected chi connectivity index (χ4v) is 2.32. The maximum Gasteiger partial charge on any atom is 0.411 e. The lowest BCUT2D eigenvalue weighted by atomic mass is 10.1. The van der Waals surface area contributed by atoms with E-state index in [0.717, 1.165) is 11.3 Å². The summed E-state index contributed by atoms with van der Waals surface area (Å²) in [5.74, 6) is -1.13. The average Bonchev–Trinajstić information content (AvgIpc) is 2.59. The van der Waals surface area contributed by atoms with Crippen LogP contribution < -0.4 is 0 Å². The molecule has 0 radical (unpaired) electrons. The van der Waals surface area contributed by atoms with Gasteiger partial charge in [-0.25, -0.2) is 9.59 Å². The first-order valence-electron chi connectivity index (χ1n) is 7.65. The zero-order valence-electron chi connectivity index (χ0n) is 13.7. The number of aliphatic carboxylic acids is 1. The first-order chi connectivity index (χ1) is 11.5. The van der Waals surface area contributed by atoms with Crippen LogP contribution in [0.2, 0.25) is 0 Å². The van der Waals surface area contributed by atoms with E-state index in [0.29, 0.717) is 5.56 Å². The highest BCUT2D eigenvalue weighted by atomic mass is 16.6. The van der Waals surface area contributed by atoms with Gasteiger partial charge in [0, 0.05) is 24.0 Å². The Balaban J connectivity index is 2.15. The maximum atomic E-state index is 12.4. The molecule has 1 unspecified atom stereocenters. The van der Waals surface area contributed by atoms with Crippen molar-refractivity contribution >= 4 is 12.1 Å². The molecule has 1 atom stereocenters. The number of hydrogen-bond donors (Lipinski definition) is 1. The van der Waals surface area contributed by atoms with E-state index in [1.54, 1.807) is 19.1 Å². The molecule has 0 spiro atoms. The van der Waals surface area contributed by atoms with Crippen molar-refractivity contribution in [3.8, 4) is 0 Å². The van der Waals surface area contributed by atoms with Crippen molar-refractivity contribution in [1.82, 2.24) is 9.88 Å². The number of nitrogens with zero attached hydrogens (tertiary/aromatic N) is 2. The lowest BCUT2D eigenvalue weighted by Crippen LogP contribution is -2.39. The largest absolute Gasteiger partial charge is 0.479 e. The molecule has 1 amide bonds. The molecule has 24 heavy (non-hydrogen) atoms. The minimum Gasteiger partial charge on any atom is -0.479 e. The molecule has 0 saturated heterocycles. The molecule has 2 aromatic rings. The number of rotatable bonds is 6. The molecule has 1 N–H and O–H groups in total. The quantitative estimate of drug-likeness (QED) is 0.881. The van der Waals surface area contributed by atoms with Crippen LogP contribution in [0, 0.1) is 6.92 Å². The summed E-state index contributed by atoms with van der Waals surface area (Å²) in [7, 11) is 0. The third kappa shape index (κ3) is 4.32. The van der Waals surface area contributed by atoms with Gasteiger partial charge in [0.1, 0.15) is 6.61 Å². The molecular formula is C18H20N2O4. The Labute approximate surface area is 140 Å². The Bertz CT molecular complexity index is 686. The highest BCUT2D eigenvalue weighted by molar-refractivity contribution is 5.81. The summed E-state index contributed by atoms with van der Waals surface area (Å²) in [4.78, 5) is 29.3. The highest BCUT2D eigenvalue weighted by Crippen LogP contribution is 2.22. The predicted octanol–water partition coefficient (Wildman–Crippen LogP) is 3.17. The number of ether oxygens (including phenoxy) is 1. The summed E-state index contributed by atoms with van der Waals surface area (Å²) < 4.78 is 5.26. The molecule has 0 aliphatic carbocycles. The molecule has 6 heteroatoms. The summed E-state index contributed by atoms with van der Waals surface area (Å²) in [5.41, 5.74) is 2.05. The van der Waals surface area contributed by atoms with Crippen LogP contribution in [-0.2, 0) is 16.1 Å². The van der Waals surface area contributed by atoms with Gasteiger partial charge in [-0.05, 0) is 25.5 Å². The summed E-state index contributed by atoms with van der Waals surface area (Å²) in [6.45, 7) is 3.82. The zero-order valence-corrected chi connectivity index (χ0v) is 13.7. The number of amides is 1. The van der Waals surface area contributed by atoms with Crippen molar-refractivity contribution in [1.29, 1.82) is 0 Å². The molecule has 0 bridgehead atoms. The second kappa shape index (κ2) is 8.10. The van der Waals surface area contributed by atoms with Crippen LogP contribution in [0.15, 0.2) is 48.7 Å². The van der Waals surface area contributed by atoms with Crippen LogP contribution in [0.25, 0.3) is 0 Å². The molecular weight excluding hydrogens is 308 g/mol. The number of aryl methyl sites for hydroxylation is 1. The molecule has 6 nitrogen and oxygen atoms in total. The van der Waals surface area contributed by atoms with E-state index < -0.39 is 18.1 Å². The van der Waals surface area contributed by atoms with E-state index >= 15 is 0 Å². The van der Waals surface area contributed by atoms with Gasteiger partial charge in [0.05, 0.1) is 0 Å². The minimum atomic E-state index is -1.13. The monoisotopic (exact) mass is 328 g/mol. The molecule has 126 valence electrons. The molecule has 0 aliphatic rings. The molecule has 1 aromatic heterocycles. The summed E-state index contributed by atoms with van der Waals surface area (Å²) in [6, 6.07) is 11.5. The van der Waals surface area contributed by atoms with Crippen LogP contribution >= 0.6 is 0 Å². The van der Waals surface area contributed by atoms with Gasteiger partial charge in [0.2, 0.25) is 0 Å². The summed E-state index contributed by atoms with van der Waals surface area (Å²) >= 11 is 0. The molecule has 0 fully saturated rings. The standard InChI is InChI=1S/C18H20N2O4/c1-3-20(18(23)24-12-14-7-5-4-6-8-14)16(17(21)22)15-10-9-13(2)19-11-15/h4-11,16H,3,12H2,1-2H3,(H,21,22). The van der Waals surface area contributed by atoms with Crippen molar-refractivity contribution in [2.75, 3.05) is 6.54 Å². The van der Waals surface area contributed by atoms with Gasteiger partial charge in [-0.15, -0.1) is 0 Å². The van der Waals surface area contributed by atoms with Crippen LogP contribution in [0.3, 0.4) is 0 Å². The van der Waals surface area contributed by atoms with E-state index in [1.165, 1.54) is 11.1 Å². The predicted molar refractivity (Wildman–Crippen MR) is 88.4 cm³/mol. The second-order valence-corrected chi connectivity index (χ2v) is 5.30. The minimum absolute atomic E-state index is 0.0919. The number of likely N-dealkylation sites (N-methyl/N-ethyl adjacent to an activating group) is 1.